The summed E-state index contributed by atoms with van der Waals surface area (Å²) in [5.74, 6) is 0.650. The summed E-state index contributed by atoms with van der Waals surface area (Å²) in [5, 5.41) is 14.9. The van der Waals surface area contributed by atoms with E-state index in [-0.39, 0.29) is 0 Å². The van der Waals surface area contributed by atoms with E-state index in [2.05, 4.69) is 24.2 Å². The minimum Gasteiger partial charge on any atom is -0.384 e. The van der Waals surface area contributed by atoms with Crippen molar-refractivity contribution in [3.63, 3.8) is 0 Å². The molecule has 1 fully saturated rings. The maximum atomic E-state index is 10.6. The molecule has 1 atom stereocenters. The van der Waals surface area contributed by atoms with Gasteiger partial charge in [0.25, 0.3) is 0 Å². The molecule has 3 nitrogen and oxygen atoms in total. The van der Waals surface area contributed by atoms with Crippen LogP contribution in [0.3, 0.4) is 0 Å². The molecule has 3 heteroatoms. The van der Waals surface area contributed by atoms with Gasteiger partial charge in [0.15, 0.2) is 0 Å². The Hall–Kier alpha value is -1.61. The van der Waals surface area contributed by atoms with Crippen LogP contribution >= 0.6 is 0 Å². The number of aryl methyl sites for hydroxylation is 1. The Balaban J connectivity index is 1.88. The van der Waals surface area contributed by atoms with Crippen molar-refractivity contribution in [1.82, 2.24) is 9.78 Å². The summed E-state index contributed by atoms with van der Waals surface area (Å²) in [4.78, 5) is 0. The summed E-state index contributed by atoms with van der Waals surface area (Å²) in [6.45, 7) is 3.02. The molecule has 0 spiro atoms. The minimum absolute atomic E-state index is 0.553. The number of nitrogens with zero attached hydrogens (tertiary/aromatic N) is 2. The number of rotatable bonds is 5. The van der Waals surface area contributed by atoms with E-state index in [0.717, 1.165) is 24.1 Å². The smallest absolute Gasteiger partial charge is 0.107 e. The van der Waals surface area contributed by atoms with Gasteiger partial charge >= 0.3 is 0 Å². The second kappa shape index (κ2) is 5.17. The number of benzene rings is 1. The summed E-state index contributed by atoms with van der Waals surface area (Å²) < 4.78 is 1.90. The summed E-state index contributed by atoms with van der Waals surface area (Å²) >= 11 is 0. The number of hydrogen-bond donors (Lipinski definition) is 1. The summed E-state index contributed by atoms with van der Waals surface area (Å²) in [6, 6.07) is 8.24. The summed E-state index contributed by atoms with van der Waals surface area (Å²) in [6.07, 6.45) is 6.73. The SMILES string of the molecule is CCCn1cc(C(O)c2ccccc2C2CC2)cn1. The van der Waals surface area contributed by atoms with Gasteiger partial charge in [-0.1, -0.05) is 31.2 Å². The number of aromatic nitrogens is 2. The van der Waals surface area contributed by atoms with E-state index in [0.29, 0.717) is 5.92 Å². The van der Waals surface area contributed by atoms with Gasteiger partial charge in [0.1, 0.15) is 6.10 Å². The van der Waals surface area contributed by atoms with Crippen molar-refractivity contribution in [2.45, 2.75) is 44.8 Å². The van der Waals surface area contributed by atoms with E-state index >= 15 is 0 Å². The van der Waals surface area contributed by atoms with Gasteiger partial charge in [-0.15, -0.1) is 0 Å². The van der Waals surface area contributed by atoms with Crippen LogP contribution in [-0.4, -0.2) is 14.9 Å². The Morgan fingerprint density at radius 2 is 2.16 bits per heavy atom. The van der Waals surface area contributed by atoms with Crippen molar-refractivity contribution < 1.29 is 5.11 Å². The van der Waals surface area contributed by atoms with Crippen LogP contribution in [0.1, 0.15) is 54.9 Å². The van der Waals surface area contributed by atoms with Crippen molar-refractivity contribution in [3.8, 4) is 0 Å². The molecule has 1 aromatic carbocycles. The lowest BCUT2D eigenvalue weighted by molar-refractivity contribution is 0.219. The molecule has 1 N–H and O–H groups in total. The summed E-state index contributed by atoms with van der Waals surface area (Å²) in [7, 11) is 0. The molecule has 1 saturated carbocycles. The van der Waals surface area contributed by atoms with Gasteiger partial charge in [-0.2, -0.15) is 5.10 Å². The number of hydrogen-bond acceptors (Lipinski definition) is 2. The standard InChI is InChI=1S/C16H20N2O/c1-2-9-18-11-13(10-17-18)16(19)15-6-4-3-5-14(15)12-7-8-12/h3-6,10-12,16,19H,2,7-9H2,1H3. The first-order chi connectivity index (χ1) is 9.29. The Labute approximate surface area is 113 Å². The van der Waals surface area contributed by atoms with Crippen LogP contribution < -0.4 is 0 Å². The molecule has 0 amide bonds. The Morgan fingerprint density at radius 3 is 2.89 bits per heavy atom. The quantitative estimate of drug-likeness (QED) is 0.891. The van der Waals surface area contributed by atoms with Crippen LogP contribution in [0.5, 0.6) is 0 Å². The predicted octanol–water partition coefficient (Wildman–Crippen LogP) is 3.25. The molecule has 0 radical (unpaired) electrons. The second-order valence-electron chi connectivity index (χ2n) is 5.34. The van der Waals surface area contributed by atoms with Crippen molar-refractivity contribution in [2.24, 2.45) is 0 Å². The molecule has 3 rings (SSSR count). The molecule has 100 valence electrons. The molecule has 1 aliphatic rings. The normalized spacial score (nSPS) is 16.5. The van der Waals surface area contributed by atoms with Crippen molar-refractivity contribution in [1.29, 1.82) is 0 Å². The maximum Gasteiger partial charge on any atom is 0.107 e. The van der Waals surface area contributed by atoms with Crippen LogP contribution in [0.4, 0.5) is 0 Å². The molecule has 1 unspecified atom stereocenters. The van der Waals surface area contributed by atoms with Gasteiger partial charge in [-0.3, -0.25) is 4.68 Å². The van der Waals surface area contributed by atoms with E-state index in [1.165, 1.54) is 18.4 Å². The van der Waals surface area contributed by atoms with E-state index < -0.39 is 6.10 Å². The zero-order valence-electron chi connectivity index (χ0n) is 11.3. The van der Waals surface area contributed by atoms with Crippen LogP contribution in [0, 0.1) is 0 Å². The molecule has 1 heterocycles. The number of aliphatic hydroxyl groups is 1. The third-order valence-corrected chi connectivity index (χ3v) is 3.73. The minimum atomic E-state index is -0.553. The molecule has 2 aromatic rings. The maximum absolute atomic E-state index is 10.6. The second-order valence-corrected chi connectivity index (χ2v) is 5.34. The molecule has 0 bridgehead atoms. The molecule has 1 aromatic heterocycles. The van der Waals surface area contributed by atoms with Crippen LogP contribution in [-0.2, 0) is 6.54 Å². The molecule has 19 heavy (non-hydrogen) atoms. The Kier molecular flexibility index (Phi) is 3.38. The first-order valence-electron chi connectivity index (χ1n) is 7.09. The van der Waals surface area contributed by atoms with Gasteiger partial charge in [-0.25, -0.2) is 0 Å². The monoisotopic (exact) mass is 256 g/mol. The topological polar surface area (TPSA) is 38.0 Å². The van der Waals surface area contributed by atoms with E-state index in [1.807, 2.05) is 23.0 Å². The van der Waals surface area contributed by atoms with Gasteiger partial charge in [-0.05, 0) is 36.3 Å². The van der Waals surface area contributed by atoms with E-state index in [4.69, 9.17) is 0 Å². The average molecular weight is 256 g/mol. The fourth-order valence-electron chi connectivity index (χ4n) is 2.58. The molecule has 0 aliphatic heterocycles. The van der Waals surface area contributed by atoms with Gasteiger partial charge in [0, 0.05) is 18.3 Å². The summed E-state index contributed by atoms with van der Waals surface area (Å²) in [5.41, 5.74) is 3.24. The van der Waals surface area contributed by atoms with Gasteiger partial charge in [0.2, 0.25) is 0 Å². The number of aliphatic hydroxyl groups excluding tert-OH is 1. The first-order valence-corrected chi connectivity index (χ1v) is 7.09. The lowest BCUT2D eigenvalue weighted by Gasteiger charge is -2.13. The lowest BCUT2D eigenvalue weighted by atomic mass is 9.96. The molecule has 0 saturated heterocycles. The third kappa shape index (κ3) is 2.56. The van der Waals surface area contributed by atoms with Crippen LogP contribution in [0.25, 0.3) is 0 Å². The van der Waals surface area contributed by atoms with Gasteiger partial charge < -0.3 is 5.11 Å². The van der Waals surface area contributed by atoms with Gasteiger partial charge in [0.05, 0.1) is 6.20 Å². The van der Waals surface area contributed by atoms with Crippen LogP contribution in [0.15, 0.2) is 36.7 Å². The highest BCUT2D eigenvalue weighted by Gasteiger charge is 2.28. The Bertz CT molecular complexity index is 557. The van der Waals surface area contributed by atoms with Crippen molar-refractivity contribution in [2.75, 3.05) is 0 Å². The van der Waals surface area contributed by atoms with Crippen molar-refractivity contribution in [3.05, 3.63) is 53.3 Å². The fourth-order valence-corrected chi connectivity index (χ4v) is 2.58. The third-order valence-electron chi connectivity index (χ3n) is 3.73. The highest BCUT2D eigenvalue weighted by Crippen LogP contribution is 2.43. The largest absolute Gasteiger partial charge is 0.384 e. The zero-order chi connectivity index (χ0) is 13.2. The lowest BCUT2D eigenvalue weighted by Crippen LogP contribution is -2.02. The van der Waals surface area contributed by atoms with Crippen LogP contribution in [0.2, 0.25) is 0 Å². The highest BCUT2D eigenvalue weighted by atomic mass is 16.3. The molecular formula is C16H20N2O. The Morgan fingerprint density at radius 1 is 1.37 bits per heavy atom. The first kappa shape index (κ1) is 12.4. The van der Waals surface area contributed by atoms with E-state index in [9.17, 15) is 5.11 Å². The predicted molar refractivity (Wildman–Crippen MR) is 75.0 cm³/mol. The molecular weight excluding hydrogens is 236 g/mol. The molecule has 1 aliphatic carbocycles. The van der Waals surface area contributed by atoms with Crippen molar-refractivity contribution >= 4 is 0 Å². The zero-order valence-corrected chi connectivity index (χ0v) is 11.3. The fraction of sp³-hybridized carbons (Fsp3) is 0.438. The highest BCUT2D eigenvalue weighted by molar-refractivity contribution is 5.38. The average Bonchev–Trinajstić information content (AvgIpc) is 3.18. The van der Waals surface area contributed by atoms with E-state index in [1.54, 1.807) is 6.20 Å².